The smallest absolute Gasteiger partial charge is 0.0887 e. The Kier molecular flexibility index (Phi) is 7.13. The summed E-state index contributed by atoms with van der Waals surface area (Å²) in [5.74, 6) is 1.33. The lowest BCUT2D eigenvalue weighted by Gasteiger charge is -2.21. The van der Waals surface area contributed by atoms with Gasteiger partial charge in [-0.25, -0.2) is 0 Å². The summed E-state index contributed by atoms with van der Waals surface area (Å²) in [6.45, 7) is 9.53. The molecule has 0 spiro atoms. The molecule has 1 aliphatic rings. The Balaban J connectivity index is 1.64. The number of hydrogen-bond donors (Lipinski definition) is 1. The van der Waals surface area contributed by atoms with E-state index in [1.807, 2.05) is 6.20 Å². The standard InChI is InChI=1S/C17H28N2O2/c1-14(2)9-18-10-16-3-4-17(19-11-16)13-21-12-15-5-7-20-8-6-15/h3-4,11,14-15,18H,5-10,12-13H2,1-2H3. The highest BCUT2D eigenvalue weighted by Crippen LogP contribution is 2.15. The number of hydrogen-bond acceptors (Lipinski definition) is 4. The molecule has 1 aromatic heterocycles. The molecule has 4 heteroatoms. The molecule has 0 unspecified atom stereocenters. The van der Waals surface area contributed by atoms with Crippen LogP contribution in [-0.4, -0.2) is 31.3 Å². The van der Waals surface area contributed by atoms with Crippen LogP contribution in [0.5, 0.6) is 0 Å². The minimum absolute atomic E-state index is 0.608. The third-order valence-corrected chi connectivity index (χ3v) is 3.71. The normalized spacial score (nSPS) is 16.5. The molecule has 1 N–H and O–H groups in total. The van der Waals surface area contributed by atoms with Crippen molar-refractivity contribution in [3.8, 4) is 0 Å². The number of ether oxygens (including phenoxy) is 2. The van der Waals surface area contributed by atoms with E-state index in [0.29, 0.717) is 18.4 Å². The van der Waals surface area contributed by atoms with E-state index >= 15 is 0 Å². The second kappa shape index (κ2) is 9.13. The summed E-state index contributed by atoms with van der Waals surface area (Å²) >= 11 is 0. The van der Waals surface area contributed by atoms with Crippen LogP contribution >= 0.6 is 0 Å². The second-order valence-electron chi connectivity index (χ2n) is 6.25. The number of aromatic nitrogens is 1. The van der Waals surface area contributed by atoms with Crippen LogP contribution in [0.25, 0.3) is 0 Å². The number of nitrogens with one attached hydrogen (secondary N) is 1. The van der Waals surface area contributed by atoms with Crippen molar-refractivity contribution in [3.63, 3.8) is 0 Å². The lowest BCUT2D eigenvalue weighted by molar-refractivity contribution is 0.0150. The van der Waals surface area contributed by atoms with E-state index in [2.05, 4.69) is 36.3 Å². The van der Waals surface area contributed by atoms with Gasteiger partial charge in [-0.3, -0.25) is 4.98 Å². The van der Waals surface area contributed by atoms with Crippen molar-refractivity contribution in [1.29, 1.82) is 0 Å². The summed E-state index contributed by atoms with van der Waals surface area (Å²) in [6.07, 6.45) is 4.18. The molecule has 118 valence electrons. The molecule has 2 heterocycles. The molecule has 0 bridgehead atoms. The molecule has 0 radical (unpaired) electrons. The first-order chi connectivity index (χ1) is 10.2. The largest absolute Gasteiger partial charge is 0.381 e. The second-order valence-corrected chi connectivity index (χ2v) is 6.25. The van der Waals surface area contributed by atoms with Gasteiger partial charge in [0.1, 0.15) is 0 Å². The molecule has 1 aliphatic heterocycles. The zero-order valence-electron chi connectivity index (χ0n) is 13.3. The van der Waals surface area contributed by atoms with E-state index in [1.54, 1.807) is 0 Å². The third kappa shape index (κ3) is 6.55. The highest BCUT2D eigenvalue weighted by atomic mass is 16.5. The quantitative estimate of drug-likeness (QED) is 0.800. The van der Waals surface area contributed by atoms with Gasteiger partial charge in [0.05, 0.1) is 18.9 Å². The number of pyridine rings is 1. The lowest BCUT2D eigenvalue weighted by Crippen LogP contribution is -2.20. The van der Waals surface area contributed by atoms with E-state index in [-0.39, 0.29) is 0 Å². The van der Waals surface area contributed by atoms with Gasteiger partial charge in [0.25, 0.3) is 0 Å². The average molecular weight is 292 g/mol. The molecular formula is C17H28N2O2. The maximum atomic E-state index is 5.78. The zero-order valence-corrected chi connectivity index (χ0v) is 13.3. The van der Waals surface area contributed by atoms with Gasteiger partial charge >= 0.3 is 0 Å². The van der Waals surface area contributed by atoms with Crippen molar-refractivity contribution < 1.29 is 9.47 Å². The SMILES string of the molecule is CC(C)CNCc1ccc(COCC2CCOCC2)nc1. The summed E-state index contributed by atoms with van der Waals surface area (Å²) < 4.78 is 11.1. The van der Waals surface area contributed by atoms with Gasteiger partial charge in [0, 0.05) is 26.0 Å². The number of rotatable bonds is 8. The first kappa shape index (κ1) is 16.4. The van der Waals surface area contributed by atoms with Gasteiger partial charge in [0.2, 0.25) is 0 Å². The summed E-state index contributed by atoms with van der Waals surface area (Å²) in [5.41, 5.74) is 2.23. The summed E-state index contributed by atoms with van der Waals surface area (Å²) in [5, 5.41) is 3.42. The Morgan fingerprint density at radius 2 is 2.14 bits per heavy atom. The lowest BCUT2D eigenvalue weighted by atomic mass is 10.0. The van der Waals surface area contributed by atoms with Crippen LogP contribution in [-0.2, 0) is 22.6 Å². The molecule has 0 aromatic carbocycles. The maximum Gasteiger partial charge on any atom is 0.0887 e. The van der Waals surface area contributed by atoms with E-state index < -0.39 is 0 Å². The molecule has 2 rings (SSSR count). The fourth-order valence-electron chi connectivity index (χ4n) is 2.39. The maximum absolute atomic E-state index is 5.78. The monoisotopic (exact) mass is 292 g/mol. The first-order valence-electron chi connectivity index (χ1n) is 8.04. The fraction of sp³-hybridized carbons (Fsp3) is 0.706. The molecule has 0 saturated carbocycles. The Bertz CT molecular complexity index is 386. The van der Waals surface area contributed by atoms with Gasteiger partial charge in [-0.05, 0) is 42.9 Å². The Labute approximate surface area is 128 Å². The Morgan fingerprint density at radius 1 is 1.33 bits per heavy atom. The topological polar surface area (TPSA) is 43.4 Å². The third-order valence-electron chi connectivity index (χ3n) is 3.71. The molecule has 1 fully saturated rings. The van der Waals surface area contributed by atoms with Crippen LogP contribution < -0.4 is 5.32 Å². The van der Waals surface area contributed by atoms with E-state index in [9.17, 15) is 0 Å². The summed E-state index contributed by atoms with van der Waals surface area (Å²) in [4.78, 5) is 4.47. The van der Waals surface area contributed by atoms with Crippen molar-refractivity contribution in [2.45, 2.75) is 39.8 Å². The predicted molar refractivity (Wildman–Crippen MR) is 84.0 cm³/mol. The van der Waals surface area contributed by atoms with Crippen molar-refractivity contribution in [1.82, 2.24) is 10.3 Å². The van der Waals surface area contributed by atoms with E-state index in [0.717, 1.165) is 51.4 Å². The molecule has 0 atom stereocenters. The summed E-state index contributed by atoms with van der Waals surface area (Å²) in [6, 6.07) is 4.20. The van der Waals surface area contributed by atoms with Gasteiger partial charge in [0.15, 0.2) is 0 Å². The van der Waals surface area contributed by atoms with Gasteiger partial charge in [-0.1, -0.05) is 19.9 Å². The highest BCUT2D eigenvalue weighted by Gasteiger charge is 2.13. The minimum Gasteiger partial charge on any atom is -0.381 e. The number of nitrogens with zero attached hydrogens (tertiary/aromatic N) is 1. The molecular weight excluding hydrogens is 264 g/mol. The Hall–Kier alpha value is -0.970. The van der Waals surface area contributed by atoms with Crippen LogP contribution in [0.1, 0.15) is 37.9 Å². The van der Waals surface area contributed by atoms with E-state index in [1.165, 1.54) is 5.56 Å². The van der Waals surface area contributed by atoms with Gasteiger partial charge in [-0.2, -0.15) is 0 Å². The Morgan fingerprint density at radius 3 is 2.81 bits per heavy atom. The molecule has 0 aliphatic carbocycles. The van der Waals surface area contributed by atoms with Crippen molar-refractivity contribution in [2.24, 2.45) is 11.8 Å². The molecule has 0 amide bonds. The van der Waals surface area contributed by atoms with Crippen LogP contribution in [0.3, 0.4) is 0 Å². The van der Waals surface area contributed by atoms with Gasteiger partial charge < -0.3 is 14.8 Å². The van der Waals surface area contributed by atoms with Crippen molar-refractivity contribution in [3.05, 3.63) is 29.6 Å². The van der Waals surface area contributed by atoms with E-state index in [4.69, 9.17) is 9.47 Å². The van der Waals surface area contributed by atoms with Crippen molar-refractivity contribution >= 4 is 0 Å². The van der Waals surface area contributed by atoms with Crippen LogP contribution in [0, 0.1) is 11.8 Å². The first-order valence-corrected chi connectivity index (χ1v) is 8.04. The van der Waals surface area contributed by atoms with Gasteiger partial charge in [-0.15, -0.1) is 0 Å². The molecule has 1 saturated heterocycles. The van der Waals surface area contributed by atoms with Crippen LogP contribution in [0.15, 0.2) is 18.3 Å². The fourth-order valence-corrected chi connectivity index (χ4v) is 2.39. The van der Waals surface area contributed by atoms with Crippen LogP contribution in [0.4, 0.5) is 0 Å². The van der Waals surface area contributed by atoms with Crippen LogP contribution in [0.2, 0.25) is 0 Å². The zero-order chi connectivity index (χ0) is 14.9. The predicted octanol–water partition coefficient (Wildman–Crippen LogP) is 2.77. The highest BCUT2D eigenvalue weighted by molar-refractivity contribution is 5.13. The molecule has 4 nitrogen and oxygen atoms in total. The van der Waals surface area contributed by atoms with Crippen molar-refractivity contribution in [2.75, 3.05) is 26.4 Å². The minimum atomic E-state index is 0.608. The average Bonchev–Trinajstić information content (AvgIpc) is 2.50. The molecule has 1 aromatic rings. The summed E-state index contributed by atoms with van der Waals surface area (Å²) in [7, 11) is 0. The molecule has 21 heavy (non-hydrogen) atoms.